The first-order valence-electron chi connectivity index (χ1n) is 8.91. The van der Waals surface area contributed by atoms with E-state index in [1.54, 1.807) is 13.0 Å². The lowest BCUT2D eigenvalue weighted by Crippen LogP contribution is -2.41. The summed E-state index contributed by atoms with van der Waals surface area (Å²) >= 11 is 0. The molecule has 0 aromatic heterocycles. The molecular formula is C20H27N3O4S. The number of hydrogen-bond donors (Lipinski definition) is 2. The quantitative estimate of drug-likeness (QED) is 0.702. The van der Waals surface area contributed by atoms with Crippen LogP contribution in [0.5, 0.6) is 5.75 Å². The van der Waals surface area contributed by atoms with Crippen LogP contribution in [0.2, 0.25) is 0 Å². The molecule has 0 spiro atoms. The third kappa shape index (κ3) is 6.33. The number of benzene rings is 2. The maximum absolute atomic E-state index is 12.5. The molecule has 0 fully saturated rings. The number of carbonyl (C=O) groups is 1. The Morgan fingerprint density at radius 3 is 2.43 bits per heavy atom. The largest absolute Gasteiger partial charge is 0.492 e. The Balaban J connectivity index is 1.90. The number of sulfonamides is 1. The van der Waals surface area contributed by atoms with E-state index in [9.17, 15) is 13.2 Å². The number of amides is 1. The van der Waals surface area contributed by atoms with Crippen LogP contribution in [-0.4, -0.2) is 45.5 Å². The highest BCUT2D eigenvalue weighted by Gasteiger charge is 2.19. The number of nitrogens with two attached hydrogens (primary N) is 1. The van der Waals surface area contributed by atoms with Crippen molar-refractivity contribution in [3.8, 4) is 5.75 Å². The molecule has 8 heteroatoms. The molecule has 0 saturated carbocycles. The summed E-state index contributed by atoms with van der Waals surface area (Å²) in [6, 6.07) is 11.5. The van der Waals surface area contributed by atoms with Crippen LogP contribution in [0.1, 0.15) is 18.1 Å². The van der Waals surface area contributed by atoms with Crippen LogP contribution in [-0.2, 0) is 14.8 Å². The van der Waals surface area contributed by atoms with Crippen molar-refractivity contribution in [2.75, 3.05) is 25.5 Å². The van der Waals surface area contributed by atoms with E-state index in [1.165, 1.54) is 18.2 Å². The summed E-state index contributed by atoms with van der Waals surface area (Å²) < 4.78 is 28.7. The zero-order valence-electron chi connectivity index (χ0n) is 16.6. The van der Waals surface area contributed by atoms with Gasteiger partial charge in [0.05, 0.1) is 10.9 Å². The van der Waals surface area contributed by atoms with Gasteiger partial charge in [-0.05, 0) is 69.3 Å². The molecule has 0 bridgehead atoms. The van der Waals surface area contributed by atoms with Crippen LogP contribution in [0, 0.1) is 13.8 Å². The minimum Gasteiger partial charge on any atom is -0.492 e. The first kappa shape index (κ1) is 21.9. The number of nitrogens with zero attached hydrogens (tertiary/aromatic N) is 1. The van der Waals surface area contributed by atoms with E-state index in [0.717, 1.165) is 16.9 Å². The highest BCUT2D eigenvalue weighted by Crippen LogP contribution is 2.17. The molecule has 0 aliphatic rings. The van der Waals surface area contributed by atoms with E-state index in [2.05, 4.69) is 11.4 Å². The second-order valence-corrected chi connectivity index (χ2v) is 8.45. The minimum atomic E-state index is -3.82. The number of rotatable bonds is 8. The number of aryl methyl sites for hydroxylation is 2. The Hall–Kier alpha value is -2.42. The summed E-state index contributed by atoms with van der Waals surface area (Å²) in [5.74, 6) is 0.559. The molecule has 152 valence electrons. The number of likely N-dealkylation sites (N-methyl/N-ethyl adjacent to an activating group) is 1. The molecule has 0 radical (unpaired) electrons. The molecule has 0 heterocycles. The maximum Gasteiger partial charge on any atom is 0.241 e. The number of hydrogen-bond acceptors (Lipinski definition) is 5. The molecule has 1 amide bonds. The molecule has 0 saturated heterocycles. The zero-order valence-corrected chi connectivity index (χ0v) is 17.4. The third-order valence-electron chi connectivity index (χ3n) is 4.38. The number of nitrogens with one attached hydrogen (secondary N) is 1. The number of primary sulfonamides is 1. The lowest BCUT2D eigenvalue weighted by molar-refractivity contribution is -0.120. The second kappa shape index (κ2) is 9.18. The van der Waals surface area contributed by atoms with Crippen molar-refractivity contribution in [1.29, 1.82) is 0 Å². The van der Waals surface area contributed by atoms with Crippen molar-refractivity contribution < 1.29 is 17.9 Å². The number of carbonyl (C=O) groups excluding carboxylic acids is 1. The first-order chi connectivity index (χ1) is 13.1. The van der Waals surface area contributed by atoms with E-state index >= 15 is 0 Å². The van der Waals surface area contributed by atoms with Gasteiger partial charge in [0.1, 0.15) is 12.4 Å². The summed E-state index contributed by atoms with van der Waals surface area (Å²) in [6.45, 7) is 6.80. The lowest BCUT2D eigenvalue weighted by atomic mass is 10.1. The molecular weight excluding hydrogens is 378 g/mol. The van der Waals surface area contributed by atoms with Crippen molar-refractivity contribution in [1.82, 2.24) is 4.90 Å². The average molecular weight is 406 g/mol. The maximum atomic E-state index is 12.5. The molecule has 2 aromatic rings. The van der Waals surface area contributed by atoms with E-state index in [1.807, 2.05) is 37.9 Å². The monoisotopic (exact) mass is 405 g/mol. The molecule has 7 nitrogen and oxygen atoms in total. The molecule has 1 atom stereocenters. The van der Waals surface area contributed by atoms with Crippen LogP contribution in [0.3, 0.4) is 0 Å². The Bertz CT molecular complexity index is 924. The highest BCUT2D eigenvalue weighted by atomic mass is 32.2. The van der Waals surface area contributed by atoms with Crippen molar-refractivity contribution in [3.05, 3.63) is 53.6 Å². The molecule has 0 aliphatic carbocycles. The molecule has 2 aromatic carbocycles. The standard InChI is InChI=1S/C20H27N3O4S/c1-14-10-15(2)12-18(11-14)27-9-8-23(4)16(3)20(24)22-17-6-5-7-19(13-17)28(21,25)26/h5-7,10-13,16H,8-9H2,1-4H3,(H,22,24)(H2,21,25,26)/t16-/m0/s1. The molecule has 0 unspecified atom stereocenters. The molecule has 3 N–H and O–H groups in total. The van der Waals surface area contributed by atoms with Gasteiger partial charge in [0.15, 0.2) is 0 Å². The number of ether oxygens (including phenoxy) is 1. The SMILES string of the molecule is Cc1cc(C)cc(OCCN(C)[C@@H](C)C(=O)Nc2cccc(S(N)(=O)=O)c2)c1. The summed E-state index contributed by atoms with van der Waals surface area (Å²) in [4.78, 5) is 14.3. The number of anilines is 1. The minimum absolute atomic E-state index is 0.0480. The Labute approximate surface area is 166 Å². The summed E-state index contributed by atoms with van der Waals surface area (Å²) in [7, 11) is -1.99. The summed E-state index contributed by atoms with van der Waals surface area (Å²) in [5, 5.41) is 7.84. The first-order valence-corrected chi connectivity index (χ1v) is 10.5. The summed E-state index contributed by atoms with van der Waals surface area (Å²) in [5.41, 5.74) is 2.65. The fraction of sp³-hybridized carbons (Fsp3) is 0.350. The van der Waals surface area contributed by atoms with Crippen LogP contribution >= 0.6 is 0 Å². The van der Waals surface area contributed by atoms with Crippen molar-refractivity contribution >= 4 is 21.6 Å². The van der Waals surface area contributed by atoms with Gasteiger partial charge in [0.25, 0.3) is 0 Å². The van der Waals surface area contributed by atoms with E-state index < -0.39 is 16.1 Å². The Morgan fingerprint density at radius 2 is 1.82 bits per heavy atom. The third-order valence-corrected chi connectivity index (χ3v) is 5.29. The van der Waals surface area contributed by atoms with Crippen LogP contribution in [0.25, 0.3) is 0 Å². The van der Waals surface area contributed by atoms with Gasteiger partial charge < -0.3 is 10.1 Å². The van der Waals surface area contributed by atoms with Gasteiger partial charge in [-0.25, -0.2) is 13.6 Å². The molecule has 0 aliphatic heterocycles. The van der Waals surface area contributed by atoms with Gasteiger partial charge in [-0.15, -0.1) is 0 Å². The van der Waals surface area contributed by atoms with Gasteiger partial charge in [0.2, 0.25) is 15.9 Å². The van der Waals surface area contributed by atoms with Crippen LogP contribution in [0.15, 0.2) is 47.4 Å². The van der Waals surface area contributed by atoms with E-state index in [4.69, 9.17) is 9.88 Å². The van der Waals surface area contributed by atoms with Gasteiger partial charge >= 0.3 is 0 Å². The average Bonchev–Trinajstić information content (AvgIpc) is 2.59. The van der Waals surface area contributed by atoms with E-state index in [-0.39, 0.29) is 10.8 Å². The Kier molecular flexibility index (Phi) is 7.17. The normalized spacial score (nSPS) is 12.6. The van der Waals surface area contributed by atoms with Gasteiger partial charge in [0, 0.05) is 12.2 Å². The molecule has 28 heavy (non-hydrogen) atoms. The van der Waals surface area contributed by atoms with Gasteiger partial charge in [-0.2, -0.15) is 0 Å². The predicted molar refractivity (Wildman–Crippen MR) is 110 cm³/mol. The van der Waals surface area contributed by atoms with Crippen molar-refractivity contribution in [3.63, 3.8) is 0 Å². The van der Waals surface area contributed by atoms with Gasteiger partial charge in [-0.1, -0.05) is 12.1 Å². The zero-order chi connectivity index (χ0) is 20.9. The highest BCUT2D eigenvalue weighted by molar-refractivity contribution is 7.89. The molecule has 2 rings (SSSR count). The van der Waals surface area contributed by atoms with Crippen LogP contribution in [0.4, 0.5) is 5.69 Å². The topological polar surface area (TPSA) is 102 Å². The predicted octanol–water partition coefficient (Wildman–Crippen LogP) is 2.29. The fourth-order valence-corrected chi connectivity index (χ4v) is 3.27. The summed E-state index contributed by atoms with van der Waals surface area (Å²) in [6.07, 6.45) is 0. The van der Waals surface area contributed by atoms with Crippen LogP contribution < -0.4 is 15.2 Å². The fourth-order valence-electron chi connectivity index (χ4n) is 2.72. The van der Waals surface area contributed by atoms with E-state index in [0.29, 0.717) is 18.8 Å². The lowest BCUT2D eigenvalue weighted by Gasteiger charge is -2.24. The van der Waals surface area contributed by atoms with Crippen molar-refractivity contribution in [2.45, 2.75) is 31.7 Å². The van der Waals surface area contributed by atoms with Gasteiger partial charge in [-0.3, -0.25) is 9.69 Å². The smallest absolute Gasteiger partial charge is 0.241 e. The Morgan fingerprint density at radius 1 is 1.18 bits per heavy atom. The second-order valence-electron chi connectivity index (χ2n) is 6.89. The van der Waals surface area contributed by atoms with Crippen molar-refractivity contribution in [2.24, 2.45) is 5.14 Å².